The van der Waals surface area contributed by atoms with E-state index >= 15 is 0 Å². The summed E-state index contributed by atoms with van der Waals surface area (Å²) in [7, 11) is 1.70. The maximum absolute atomic E-state index is 13.0. The van der Waals surface area contributed by atoms with Gasteiger partial charge in [-0.3, -0.25) is 14.3 Å². The van der Waals surface area contributed by atoms with E-state index in [2.05, 4.69) is 37.4 Å². The fourth-order valence-electron chi connectivity index (χ4n) is 5.24. The number of carbonyl (C=O) groups excluding carboxylic acids is 1. The minimum Gasteiger partial charge on any atom is -0.481 e. The number of hydrogen-bond donors (Lipinski definition) is 4. The van der Waals surface area contributed by atoms with Gasteiger partial charge in [-0.15, -0.1) is 0 Å². The lowest BCUT2D eigenvalue weighted by Crippen LogP contribution is -2.52. The van der Waals surface area contributed by atoms with Crippen molar-refractivity contribution < 1.29 is 24.5 Å². The largest absolute Gasteiger partial charge is 0.481 e. The third-order valence-electron chi connectivity index (χ3n) is 8.15. The molecule has 0 saturated heterocycles. The second kappa shape index (κ2) is 15.5. The van der Waals surface area contributed by atoms with Crippen LogP contribution < -0.4 is 11.1 Å². The highest BCUT2D eigenvalue weighted by Crippen LogP contribution is 2.29. The van der Waals surface area contributed by atoms with Crippen LogP contribution >= 0.6 is 0 Å². The lowest BCUT2D eigenvalue weighted by Gasteiger charge is -2.33. The van der Waals surface area contributed by atoms with E-state index in [-0.39, 0.29) is 36.0 Å². The van der Waals surface area contributed by atoms with Gasteiger partial charge in [-0.05, 0) is 67.9 Å². The second-order valence-corrected chi connectivity index (χ2v) is 12.3. The number of aliphatic hydroxyl groups excluding tert-OH is 1. The Balaban J connectivity index is 2.33. The first-order valence-electron chi connectivity index (χ1n) is 14.7. The molecule has 0 aliphatic carbocycles. The standard InChI is InChI=1S/C31H52N4O5/c1-18(2)23(14-22-10-11-24-21(7)34-35(27(24)15-22)12-9-13-40-8)16-26(33-30(37)29(32)20(5)6)28(36)17-25(19(3)4)31(38)39/h10-11,15,18-20,23,25-26,28-29,36H,9,12-14,16-17,32H2,1-8H3,(H,33,37)(H,38,39)/t23-,25-,26-,28-,29-/m0/s1. The number of fused-ring (bicyclic) bond motifs is 1. The van der Waals surface area contributed by atoms with Gasteiger partial charge in [0.15, 0.2) is 0 Å². The van der Waals surface area contributed by atoms with Crippen LogP contribution in [0.25, 0.3) is 10.9 Å². The summed E-state index contributed by atoms with van der Waals surface area (Å²) >= 11 is 0. The van der Waals surface area contributed by atoms with Gasteiger partial charge in [0.05, 0.1) is 35.3 Å². The van der Waals surface area contributed by atoms with Crippen LogP contribution in [0.15, 0.2) is 18.2 Å². The monoisotopic (exact) mass is 560 g/mol. The van der Waals surface area contributed by atoms with E-state index in [4.69, 9.17) is 15.6 Å². The third-order valence-corrected chi connectivity index (χ3v) is 8.15. The van der Waals surface area contributed by atoms with E-state index in [1.807, 2.05) is 39.3 Å². The molecule has 5 N–H and O–H groups in total. The average molecular weight is 561 g/mol. The zero-order valence-corrected chi connectivity index (χ0v) is 25.7. The van der Waals surface area contributed by atoms with E-state index in [0.29, 0.717) is 13.0 Å². The molecule has 2 rings (SSSR count). The van der Waals surface area contributed by atoms with Gasteiger partial charge >= 0.3 is 5.97 Å². The summed E-state index contributed by atoms with van der Waals surface area (Å²) in [5.74, 6) is -1.80. The molecule has 226 valence electrons. The number of ether oxygens (including phenoxy) is 1. The number of aryl methyl sites for hydroxylation is 2. The molecule has 0 fully saturated rings. The van der Waals surface area contributed by atoms with Gasteiger partial charge in [0, 0.05) is 25.6 Å². The van der Waals surface area contributed by atoms with Crippen molar-refractivity contribution in [1.29, 1.82) is 0 Å². The molecule has 2 aromatic rings. The van der Waals surface area contributed by atoms with Crippen molar-refractivity contribution in [1.82, 2.24) is 15.1 Å². The number of aliphatic hydroxyl groups is 1. The van der Waals surface area contributed by atoms with Gasteiger partial charge in [-0.25, -0.2) is 0 Å². The van der Waals surface area contributed by atoms with E-state index in [0.717, 1.165) is 41.5 Å². The molecule has 1 aromatic heterocycles. The summed E-state index contributed by atoms with van der Waals surface area (Å²) in [5, 5.41) is 29.9. The van der Waals surface area contributed by atoms with Crippen LogP contribution in [0.2, 0.25) is 0 Å². The molecule has 0 aliphatic rings. The minimum absolute atomic E-state index is 0.0611. The Morgan fingerprint density at radius 2 is 1.75 bits per heavy atom. The molecule has 40 heavy (non-hydrogen) atoms. The normalized spacial score (nSPS) is 15.9. The molecule has 9 nitrogen and oxygen atoms in total. The molecule has 0 unspecified atom stereocenters. The molecule has 0 saturated carbocycles. The summed E-state index contributed by atoms with van der Waals surface area (Å²) in [5.41, 5.74) is 9.36. The first-order chi connectivity index (χ1) is 18.8. The number of hydrogen-bond acceptors (Lipinski definition) is 6. The number of nitrogens with one attached hydrogen (secondary N) is 1. The molecule has 9 heteroatoms. The van der Waals surface area contributed by atoms with E-state index in [1.165, 1.54) is 0 Å². The SMILES string of the molecule is COCCCn1nc(C)c2ccc(C[C@@H](C[C@H](NC(=O)[C@@H](N)C(C)C)[C@@H](O)C[C@H](C(=O)O)C(C)C)C(C)C)cc21. The molecule has 0 bridgehead atoms. The highest BCUT2D eigenvalue weighted by atomic mass is 16.5. The zero-order valence-electron chi connectivity index (χ0n) is 25.7. The van der Waals surface area contributed by atoms with Crippen LogP contribution in [-0.2, 0) is 27.3 Å². The van der Waals surface area contributed by atoms with Crippen LogP contribution in [0.1, 0.15) is 72.1 Å². The Bertz CT molecular complexity index is 1100. The van der Waals surface area contributed by atoms with Crippen molar-refractivity contribution in [3.05, 3.63) is 29.5 Å². The molecule has 1 aromatic carbocycles. The Labute approximate surface area is 239 Å². The zero-order chi connectivity index (χ0) is 30.1. The Morgan fingerprint density at radius 1 is 1.07 bits per heavy atom. The van der Waals surface area contributed by atoms with Gasteiger partial charge < -0.3 is 26.0 Å². The number of aromatic nitrogens is 2. The fourth-order valence-corrected chi connectivity index (χ4v) is 5.24. The number of aliphatic carboxylic acids is 1. The van der Waals surface area contributed by atoms with E-state index in [1.54, 1.807) is 7.11 Å². The Hall–Kier alpha value is -2.49. The fraction of sp³-hybridized carbons (Fsp3) is 0.710. The molecule has 1 amide bonds. The molecular weight excluding hydrogens is 508 g/mol. The van der Waals surface area contributed by atoms with Crippen LogP contribution in [0, 0.1) is 36.5 Å². The summed E-state index contributed by atoms with van der Waals surface area (Å²) in [6, 6.07) is 5.11. The number of rotatable bonds is 17. The molecule has 1 heterocycles. The summed E-state index contributed by atoms with van der Waals surface area (Å²) in [4.78, 5) is 24.9. The third kappa shape index (κ3) is 9.28. The maximum atomic E-state index is 13.0. The number of nitrogens with two attached hydrogens (primary N) is 1. The highest BCUT2D eigenvalue weighted by molar-refractivity contribution is 5.83. The van der Waals surface area contributed by atoms with E-state index in [9.17, 15) is 19.8 Å². The van der Waals surface area contributed by atoms with Crippen LogP contribution in [0.3, 0.4) is 0 Å². The van der Waals surface area contributed by atoms with Crippen molar-refractivity contribution in [2.24, 2.45) is 35.3 Å². The number of methoxy groups -OCH3 is 1. The van der Waals surface area contributed by atoms with Crippen molar-refractivity contribution in [3.63, 3.8) is 0 Å². The Kier molecular flexibility index (Phi) is 13.1. The number of carbonyl (C=O) groups is 2. The number of nitrogens with zero attached hydrogens (tertiary/aromatic N) is 2. The highest BCUT2D eigenvalue weighted by Gasteiger charge is 2.33. The number of carboxylic acid groups (broad SMARTS) is 1. The van der Waals surface area contributed by atoms with Gasteiger partial charge in [-0.1, -0.05) is 53.7 Å². The molecule has 0 spiro atoms. The van der Waals surface area contributed by atoms with E-state index < -0.39 is 30.1 Å². The van der Waals surface area contributed by atoms with Crippen LogP contribution in [0.4, 0.5) is 0 Å². The Morgan fingerprint density at radius 3 is 2.30 bits per heavy atom. The summed E-state index contributed by atoms with van der Waals surface area (Å²) in [6.07, 6.45) is 1.17. The van der Waals surface area contributed by atoms with Gasteiger partial charge in [-0.2, -0.15) is 5.10 Å². The van der Waals surface area contributed by atoms with Gasteiger partial charge in [0.25, 0.3) is 0 Å². The molecule has 0 radical (unpaired) electrons. The minimum atomic E-state index is -1.01. The van der Waals surface area contributed by atoms with Crippen molar-refractivity contribution >= 4 is 22.8 Å². The number of amides is 1. The van der Waals surface area contributed by atoms with Crippen LogP contribution in [0.5, 0.6) is 0 Å². The van der Waals surface area contributed by atoms with Gasteiger partial charge in [0.1, 0.15) is 0 Å². The van der Waals surface area contributed by atoms with Crippen molar-refractivity contribution in [2.75, 3.05) is 13.7 Å². The first-order valence-corrected chi connectivity index (χ1v) is 14.7. The summed E-state index contributed by atoms with van der Waals surface area (Å²) in [6.45, 7) is 15.2. The molecule has 5 atom stereocenters. The molecular formula is C31H52N4O5. The van der Waals surface area contributed by atoms with Crippen molar-refractivity contribution in [2.45, 2.75) is 98.9 Å². The molecule has 0 aliphatic heterocycles. The summed E-state index contributed by atoms with van der Waals surface area (Å²) < 4.78 is 7.25. The number of carboxylic acids is 1. The lowest BCUT2D eigenvalue weighted by atomic mass is 9.80. The quantitative estimate of drug-likeness (QED) is 0.213. The predicted molar refractivity (Wildman–Crippen MR) is 159 cm³/mol. The smallest absolute Gasteiger partial charge is 0.306 e. The second-order valence-electron chi connectivity index (χ2n) is 12.3. The van der Waals surface area contributed by atoms with Crippen LogP contribution in [-0.4, -0.2) is 63.8 Å². The average Bonchev–Trinajstić information content (AvgIpc) is 3.19. The predicted octanol–water partition coefficient (Wildman–Crippen LogP) is 4.16. The lowest BCUT2D eigenvalue weighted by molar-refractivity contribution is -0.144. The van der Waals surface area contributed by atoms with Crippen molar-refractivity contribution in [3.8, 4) is 0 Å². The topological polar surface area (TPSA) is 140 Å². The van der Waals surface area contributed by atoms with Gasteiger partial charge in [0.2, 0.25) is 5.91 Å². The number of benzene rings is 1. The first kappa shape index (κ1) is 33.7. The maximum Gasteiger partial charge on any atom is 0.306 e.